The fourth-order valence-corrected chi connectivity index (χ4v) is 4.53. The molecule has 0 spiro atoms. The summed E-state index contributed by atoms with van der Waals surface area (Å²) in [5, 5.41) is 0. The number of ether oxygens (including phenoxy) is 2. The maximum atomic E-state index is 5.60. The maximum Gasteiger partial charge on any atom is 0.123 e. The number of likely N-dealkylation sites (tertiary alicyclic amines) is 2. The van der Waals surface area contributed by atoms with Crippen LogP contribution in [-0.2, 0) is 6.54 Å². The number of nitrogens with zero attached hydrogens (tertiary/aromatic N) is 2. The average Bonchev–Trinajstić information content (AvgIpc) is 3.22. The van der Waals surface area contributed by atoms with Crippen LogP contribution in [0.3, 0.4) is 0 Å². The highest BCUT2D eigenvalue weighted by Crippen LogP contribution is 2.42. The molecule has 0 aliphatic carbocycles. The Kier molecular flexibility index (Phi) is 5.65. The van der Waals surface area contributed by atoms with Gasteiger partial charge in [-0.2, -0.15) is 0 Å². The first-order valence-electron chi connectivity index (χ1n) is 10.0. The van der Waals surface area contributed by atoms with E-state index in [1.54, 1.807) is 14.2 Å². The summed E-state index contributed by atoms with van der Waals surface area (Å²) in [6.45, 7) is 4.60. The molecule has 4 nitrogen and oxygen atoms in total. The Morgan fingerprint density at radius 1 is 0.963 bits per heavy atom. The number of methoxy groups -OCH3 is 2. The van der Waals surface area contributed by atoms with Gasteiger partial charge in [0.25, 0.3) is 0 Å². The fourth-order valence-electron chi connectivity index (χ4n) is 4.53. The highest BCUT2D eigenvalue weighted by atomic mass is 16.5. The summed E-state index contributed by atoms with van der Waals surface area (Å²) in [6, 6.07) is 18.0. The molecule has 0 amide bonds. The van der Waals surface area contributed by atoms with Gasteiger partial charge in [0, 0.05) is 30.7 Å². The Labute approximate surface area is 162 Å². The third-order valence-electron chi connectivity index (χ3n) is 6.06. The van der Waals surface area contributed by atoms with Crippen LogP contribution < -0.4 is 9.47 Å². The first-order chi connectivity index (χ1) is 13.3. The van der Waals surface area contributed by atoms with Crippen LogP contribution in [0.15, 0.2) is 48.5 Å². The first kappa shape index (κ1) is 18.3. The molecule has 2 atom stereocenters. The molecule has 0 saturated carbocycles. The Hall–Kier alpha value is -2.04. The standard InChI is InChI=1S/C23H30N2O2/c1-26-21-10-7-9-18(14-21)22-15-20(17-24-12-5-6-13-24)25(22)16-19-8-3-4-11-23(19)27-2/h3-4,7-11,14,20,22H,5-6,12-13,15-17H2,1-2H3. The maximum absolute atomic E-state index is 5.60. The van der Waals surface area contributed by atoms with Gasteiger partial charge in [-0.15, -0.1) is 0 Å². The van der Waals surface area contributed by atoms with Gasteiger partial charge < -0.3 is 14.4 Å². The van der Waals surface area contributed by atoms with Crippen molar-refractivity contribution in [2.24, 2.45) is 0 Å². The lowest BCUT2D eigenvalue weighted by Crippen LogP contribution is -2.54. The zero-order valence-electron chi connectivity index (χ0n) is 16.4. The molecule has 0 bridgehead atoms. The minimum absolute atomic E-state index is 0.442. The lowest BCUT2D eigenvalue weighted by molar-refractivity contribution is -0.0121. The summed E-state index contributed by atoms with van der Waals surface area (Å²) >= 11 is 0. The molecule has 2 aliphatic heterocycles. The largest absolute Gasteiger partial charge is 0.497 e. The van der Waals surface area contributed by atoms with Gasteiger partial charge in [-0.25, -0.2) is 0 Å². The van der Waals surface area contributed by atoms with Crippen LogP contribution in [-0.4, -0.2) is 49.7 Å². The minimum Gasteiger partial charge on any atom is -0.497 e. The van der Waals surface area contributed by atoms with Crippen LogP contribution in [0.2, 0.25) is 0 Å². The van der Waals surface area contributed by atoms with Crippen LogP contribution in [0.1, 0.15) is 36.4 Å². The van der Waals surface area contributed by atoms with Gasteiger partial charge in [-0.1, -0.05) is 30.3 Å². The van der Waals surface area contributed by atoms with Crippen molar-refractivity contribution in [3.8, 4) is 11.5 Å². The van der Waals surface area contributed by atoms with Crippen molar-refractivity contribution in [1.29, 1.82) is 0 Å². The summed E-state index contributed by atoms with van der Waals surface area (Å²) in [5.41, 5.74) is 2.61. The zero-order valence-corrected chi connectivity index (χ0v) is 16.4. The Morgan fingerprint density at radius 2 is 1.78 bits per heavy atom. The normalized spacial score (nSPS) is 23.2. The predicted octanol–water partition coefficient (Wildman–Crippen LogP) is 4.12. The Bertz CT molecular complexity index is 758. The van der Waals surface area contributed by atoms with Crippen LogP contribution in [0, 0.1) is 0 Å². The molecule has 0 N–H and O–H groups in total. The van der Waals surface area contributed by atoms with Gasteiger partial charge in [-0.3, -0.25) is 4.90 Å². The molecule has 27 heavy (non-hydrogen) atoms. The fraction of sp³-hybridized carbons (Fsp3) is 0.478. The second-order valence-electron chi connectivity index (χ2n) is 7.67. The van der Waals surface area contributed by atoms with E-state index in [4.69, 9.17) is 9.47 Å². The molecule has 144 valence electrons. The Morgan fingerprint density at radius 3 is 2.56 bits per heavy atom. The number of rotatable bonds is 7. The van der Waals surface area contributed by atoms with E-state index in [0.717, 1.165) is 18.0 Å². The molecule has 2 aromatic rings. The number of hydrogen-bond acceptors (Lipinski definition) is 4. The van der Waals surface area contributed by atoms with E-state index in [1.165, 1.54) is 50.0 Å². The second-order valence-corrected chi connectivity index (χ2v) is 7.67. The molecule has 4 heteroatoms. The number of benzene rings is 2. The molecule has 2 aromatic carbocycles. The summed E-state index contributed by atoms with van der Waals surface area (Å²) < 4.78 is 11.1. The topological polar surface area (TPSA) is 24.9 Å². The van der Waals surface area contributed by atoms with Crippen molar-refractivity contribution >= 4 is 0 Å². The van der Waals surface area contributed by atoms with Crippen LogP contribution in [0.4, 0.5) is 0 Å². The Balaban J connectivity index is 1.55. The van der Waals surface area contributed by atoms with Crippen LogP contribution in [0.25, 0.3) is 0 Å². The molecule has 4 rings (SSSR count). The van der Waals surface area contributed by atoms with E-state index >= 15 is 0 Å². The van der Waals surface area contributed by atoms with E-state index in [2.05, 4.69) is 46.2 Å². The predicted molar refractivity (Wildman–Crippen MR) is 108 cm³/mol. The molecule has 0 radical (unpaired) electrons. The van der Waals surface area contributed by atoms with Crippen LogP contribution in [0.5, 0.6) is 11.5 Å². The molecule has 2 aliphatic rings. The second kappa shape index (κ2) is 8.32. The van der Waals surface area contributed by atoms with Gasteiger partial charge in [0.15, 0.2) is 0 Å². The van der Waals surface area contributed by atoms with E-state index in [0.29, 0.717) is 12.1 Å². The zero-order chi connectivity index (χ0) is 18.6. The van der Waals surface area contributed by atoms with Crippen molar-refractivity contribution in [1.82, 2.24) is 9.80 Å². The van der Waals surface area contributed by atoms with Gasteiger partial charge in [0.1, 0.15) is 11.5 Å². The van der Waals surface area contributed by atoms with Crippen molar-refractivity contribution < 1.29 is 9.47 Å². The molecule has 0 aromatic heterocycles. The highest BCUT2D eigenvalue weighted by Gasteiger charge is 2.40. The van der Waals surface area contributed by atoms with Crippen molar-refractivity contribution in [2.45, 2.75) is 37.9 Å². The quantitative estimate of drug-likeness (QED) is 0.736. The minimum atomic E-state index is 0.442. The van der Waals surface area contributed by atoms with Gasteiger partial charge in [0.05, 0.1) is 14.2 Å². The SMILES string of the molecule is COc1cccc(C2CC(CN3CCCC3)N2Cc2ccccc2OC)c1. The van der Waals surface area contributed by atoms with Crippen molar-refractivity contribution in [3.05, 3.63) is 59.7 Å². The average molecular weight is 367 g/mol. The summed E-state index contributed by atoms with van der Waals surface area (Å²) in [7, 11) is 3.50. The molecule has 2 fully saturated rings. The highest BCUT2D eigenvalue weighted by molar-refractivity contribution is 5.35. The molecule has 2 unspecified atom stereocenters. The summed E-state index contributed by atoms with van der Waals surface area (Å²) in [5.74, 6) is 1.92. The van der Waals surface area contributed by atoms with E-state index in [-0.39, 0.29) is 0 Å². The van der Waals surface area contributed by atoms with Gasteiger partial charge in [0.2, 0.25) is 0 Å². The van der Waals surface area contributed by atoms with Crippen molar-refractivity contribution in [3.63, 3.8) is 0 Å². The lowest BCUT2D eigenvalue weighted by Gasteiger charge is -2.50. The van der Waals surface area contributed by atoms with Crippen LogP contribution >= 0.6 is 0 Å². The molecular formula is C23H30N2O2. The van der Waals surface area contributed by atoms with E-state index in [1.807, 2.05) is 12.1 Å². The molecular weight excluding hydrogens is 336 g/mol. The van der Waals surface area contributed by atoms with E-state index < -0.39 is 0 Å². The van der Waals surface area contributed by atoms with Gasteiger partial charge >= 0.3 is 0 Å². The number of hydrogen-bond donors (Lipinski definition) is 0. The first-order valence-corrected chi connectivity index (χ1v) is 10.0. The van der Waals surface area contributed by atoms with E-state index in [9.17, 15) is 0 Å². The molecule has 2 saturated heterocycles. The monoisotopic (exact) mass is 366 g/mol. The third kappa shape index (κ3) is 3.97. The summed E-state index contributed by atoms with van der Waals surface area (Å²) in [4.78, 5) is 5.27. The van der Waals surface area contributed by atoms with Gasteiger partial charge in [-0.05, 0) is 56.1 Å². The summed E-state index contributed by atoms with van der Waals surface area (Å²) in [6.07, 6.45) is 3.90. The third-order valence-corrected chi connectivity index (χ3v) is 6.06. The number of para-hydroxylation sites is 1. The molecule has 2 heterocycles. The lowest BCUT2D eigenvalue weighted by atomic mass is 9.86. The van der Waals surface area contributed by atoms with Crippen molar-refractivity contribution in [2.75, 3.05) is 33.9 Å². The smallest absolute Gasteiger partial charge is 0.123 e.